The predicted molar refractivity (Wildman–Crippen MR) is 83.5 cm³/mol. The fraction of sp³-hybridized carbons (Fsp3) is 0.176. The van der Waals surface area contributed by atoms with Crippen molar-refractivity contribution in [3.63, 3.8) is 0 Å². The molecule has 1 saturated heterocycles. The highest BCUT2D eigenvalue weighted by Gasteiger charge is 2.63. The van der Waals surface area contributed by atoms with Gasteiger partial charge in [-0.05, 0) is 23.8 Å². The zero-order chi connectivity index (χ0) is 16.0. The number of aryl methyl sites for hydroxylation is 1. The molecule has 0 aliphatic carbocycles. The lowest BCUT2D eigenvalue weighted by molar-refractivity contribution is 0.319. The third-order valence-electron chi connectivity index (χ3n) is 4.01. The molecule has 2 atom stereocenters. The number of aromatic nitrogens is 3. The molecule has 116 valence electrons. The van der Waals surface area contributed by atoms with Crippen molar-refractivity contribution in [1.29, 1.82) is 0 Å². The molecule has 0 amide bonds. The maximum absolute atomic E-state index is 13.3. The molecule has 2 heterocycles. The lowest BCUT2D eigenvalue weighted by Crippen LogP contribution is -2.15. The second-order valence-electron chi connectivity index (χ2n) is 5.50. The molecule has 0 radical (unpaired) electrons. The van der Waals surface area contributed by atoms with E-state index in [0.29, 0.717) is 10.8 Å². The zero-order valence-electron chi connectivity index (χ0n) is 12.3. The molecule has 4 nitrogen and oxygen atoms in total. The smallest absolute Gasteiger partial charge is 0.190 e. The quantitative estimate of drug-likeness (QED) is 0.689. The number of epoxide rings is 1. The highest BCUT2D eigenvalue weighted by molar-refractivity contribution is 6.31. The van der Waals surface area contributed by atoms with E-state index in [9.17, 15) is 4.39 Å². The lowest BCUT2D eigenvalue weighted by Gasteiger charge is -2.11. The minimum atomic E-state index is -0.833. The maximum Gasteiger partial charge on any atom is 0.190 e. The molecule has 2 unspecified atom stereocenters. The van der Waals surface area contributed by atoms with E-state index in [1.54, 1.807) is 30.2 Å². The SMILES string of the molecule is Cn1cnc(C2(c3ccc(F)cc3)OC2c2ccccc2Cl)n1. The van der Waals surface area contributed by atoms with Crippen LogP contribution in [0.5, 0.6) is 0 Å². The van der Waals surface area contributed by atoms with Gasteiger partial charge in [0.25, 0.3) is 0 Å². The van der Waals surface area contributed by atoms with Gasteiger partial charge in [0.1, 0.15) is 18.2 Å². The topological polar surface area (TPSA) is 43.2 Å². The molecule has 6 heteroatoms. The van der Waals surface area contributed by atoms with Crippen molar-refractivity contribution in [1.82, 2.24) is 14.8 Å². The van der Waals surface area contributed by atoms with Gasteiger partial charge in [-0.3, -0.25) is 4.68 Å². The van der Waals surface area contributed by atoms with Gasteiger partial charge < -0.3 is 4.74 Å². The van der Waals surface area contributed by atoms with Gasteiger partial charge >= 0.3 is 0 Å². The Balaban J connectivity index is 1.84. The monoisotopic (exact) mass is 329 g/mol. The number of hydrogen-bond acceptors (Lipinski definition) is 3. The molecule has 0 bridgehead atoms. The molecule has 0 saturated carbocycles. The Morgan fingerprint density at radius 1 is 1.17 bits per heavy atom. The third-order valence-corrected chi connectivity index (χ3v) is 4.35. The number of halogens is 2. The van der Waals surface area contributed by atoms with Crippen molar-refractivity contribution in [3.8, 4) is 0 Å². The predicted octanol–water partition coefficient (Wildman–Crippen LogP) is 3.62. The van der Waals surface area contributed by atoms with Crippen LogP contribution in [-0.2, 0) is 17.4 Å². The van der Waals surface area contributed by atoms with E-state index >= 15 is 0 Å². The minimum absolute atomic E-state index is 0.298. The van der Waals surface area contributed by atoms with E-state index in [4.69, 9.17) is 16.3 Å². The molecular formula is C17H13ClFN3O. The highest BCUT2D eigenvalue weighted by Crippen LogP contribution is 2.61. The van der Waals surface area contributed by atoms with Gasteiger partial charge in [-0.15, -0.1) is 0 Å². The van der Waals surface area contributed by atoms with Gasteiger partial charge in [0.15, 0.2) is 11.4 Å². The molecular weight excluding hydrogens is 317 g/mol. The second-order valence-corrected chi connectivity index (χ2v) is 5.91. The largest absolute Gasteiger partial charge is 0.347 e. The average Bonchev–Trinajstić information content (AvgIpc) is 3.14. The fourth-order valence-corrected chi connectivity index (χ4v) is 3.08. The average molecular weight is 330 g/mol. The first kappa shape index (κ1) is 14.4. The van der Waals surface area contributed by atoms with Crippen molar-refractivity contribution in [2.24, 2.45) is 7.05 Å². The van der Waals surface area contributed by atoms with E-state index in [1.165, 1.54) is 12.1 Å². The fourth-order valence-electron chi connectivity index (χ4n) is 2.85. The Hall–Kier alpha value is -2.24. The normalized spacial score (nSPS) is 23.0. The first-order chi connectivity index (χ1) is 11.1. The number of nitrogens with zero attached hydrogens (tertiary/aromatic N) is 3. The summed E-state index contributed by atoms with van der Waals surface area (Å²) in [5.74, 6) is 0.240. The molecule has 1 aliphatic rings. The molecule has 2 aromatic carbocycles. The van der Waals surface area contributed by atoms with Crippen molar-refractivity contribution < 1.29 is 9.13 Å². The van der Waals surface area contributed by atoms with Gasteiger partial charge in [0, 0.05) is 17.6 Å². The lowest BCUT2D eigenvalue weighted by atomic mass is 9.91. The first-order valence-corrected chi connectivity index (χ1v) is 7.53. The molecule has 4 rings (SSSR count). The van der Waals surface area contributed by atoms with Crippen LogP contribution in [0.2, 0.25) is 5.02 Å². The van der Waals surface area contributed by atoms with Crippen LogP contribution in [0.4, 0.5) is 4.39 Å². The van der Waals surface area contributed by atoms with Gasteiger partial charge in [-0.25, -0.2) is 9.37 Å². The summed E-state index contributed by atoms with van der Waals surface area (Å²) >= 11 is 6.31. The van der Waals surface area contributed by atoms with Crippen LogP contribution in [0.15, 0.2) is 54.9 Å². The summed E-state index contributed by atoms with van der Waals surface area (Å²) in [5, 5.41) is 5.02. The number of ether oxygens (including phenoxy) is 1. The van der Waals surface area contributed by atoms with Gasteiger partial charge in [-0.1, -0.05) is 41.9 Å². The summed E-state index contributed by atoms with van der Waals surface area (Å²) < 4.78 is 21.0. The Morgan fingerprint density at radius 3 is 2.57 bits per heavy atom. The molecule has 0 N–H and O–H groups in total. The molecule has 3 aromatic rings. The Morgan fingerprint density at radius 2 is 1.91 bits per heavy atom. The molecule has 1 aliphatic heterocycles. The van der Waals surface area contributed by atoms with Crippen molar-refractivity contribution in [2.45, 2.75) is 11.7 Å². The van der Waals surface area contributed by atoms with Crippen molar-refractivity contribution in [2.75, 3.05) is 0 Å². The number of rotatable bonds is 3. The van der Waals surface area contributed by atoms with Gasteiger partial charge in [0.05, 0.1) is 0 Å². The highest BCUT2D eigenvalue weighted by atomic mass is 35.5. The van der Waals surface area contributed by atoms with Crippen molar-refractivity contribution in [3.05, 3.63) is 82.6 Å². The Labute approximate surface area is 137 Å². The second kappa shape index (κ2) is 5.15. The minimum Gasteiger partial charge on any atom is -0.347 e. The van der Waals surface area contributed by atoms with E-state index in [0.717, 1.165) is 11.1 Å². The van der Waals surface area contributed by atoms with Crippen LogP contribution < -0.4 is 0 Å². The van der Waals surface area contributed by atoms with Crippen LogP contribution in [0.1, 0.15) is 23.1 Å². The van der Waals surface area contributed by atoms with Crippen LogP contribution >= 0.6 is 11.6 Å². The standard InChI is InChI=1S/C17H13ClFN3O/c1-22-10-20-16(21-22)17(11-6-8-12(19)9-7-11)15(23-17)13-4-2-3-5-14(13)18/h2-10,15H,1H3. The van der Waals surface area contributed by atoms with Gasteiger partial charge in [0.2, 0.25) is 0 Å². The zero-order valence-corrected chi connectivity index (χ0v) is 13.0. The summed E-state index contributed by atoms with van der Waals surface area (Å²) in [7, 11) is 1.79. The molecule has 0 spiro atoms. The summed E-state index contributed by atoms with van der Waals surface area (Å²) in [4.78, 5) is 4.34. The summed E-state index contributed by atoms with van der Waals surface area (Å²) in [6.07, 6.45) is 1.32. The molecule has 1 aromatic heterocycles. The van der Waals surface area contributed by atoms with Crippen LogP contribution in [0.25, 0.3) is 0 Å². The summed E-state index contributed by atoms with van der Waals surface area (Å²) in [6, 6.07) is 13.7. The Bertz CT molecular complexity index is 864. The third kappa shape index (κ3) is 2.24. The van der Waals surface area contributed by atoms with E-state index in [-0.39, 0.29) is 11.9 Å². The van der Waals surface area contributed by atoms with E-state index in [2.05, 4.69) is 10.1 Å². The Kier molecular flexibility index (Phi) is 3.21. The van der Waals surface area contributed by atoms with Gasteiger partial charge in [-0.2, -0.15) is 5.10 Å². The maximum atomic E-state index is 13.3. The number of hydrogen-bond donors (Lipinski definition) is 0. The summed E-state index contributed by atoms with van der Waals surface area (Å²) in [5.41, 5.74) is 0.834. The van der Waals surface area contributed by atoms with Crippen LogP contribution in [-0.4, -0.2) is 14.8 Å². The molecule has 1 fully saturated rings. The van der Waals surface area contributed by atoms with Crippen molar-refractivity contribution >= 4 is 11.6 Å². The van der Waals surface area contributed by atoms with E-state index in [1.807, 2.05) is 24.3 Å². The van der Waals surface area contributed by atoms with Crippen LogP contribution in [0.3, 0.4) is 0 Å². The van der Waals surface area contributed by atoms with Crippen LogP contribution in [0, 0.1) is 5.82 Å². The molecule has 23 heavy (non-hydrogen) atoms. The van der Waals surface area contributed by atoms with E-state index < -0.39 is 5.60 Å². The number of benzene rings is 2. The summed E-state index contributed by atoms with van der Waals surface area (Å²) in [6.45, 7) is 0. The first-order valence-electron chi connectivity index (χ1n) is 7.15.